The van der Waals surface area contributed by atoms with Gasteiger partial charge in [0.15, 0.2) is 0 Å². The molecule has 1 atom stereocenters. The maximum absolute atomic E-state index is 12.9. The van der Waals surface area contributed by atoms with Crippen molar-refractivity contribution in [2.24, 2.45) is 5.92 Å². The molecule has 1 saturated carbocycles. The maximum atomic E-state index is 12.9. The second kappa shape index (κ2) is 6.53. The van der Waals surface area contributed by atoms with Gasteiger partial charge in [-0.15, -0.1) is 0 Å². The van der Waals surface area contributed by atoms with E-state index in [0.717, 1.165) is 37.7 Å². The lowest BCUT2D eigenvalue weighted by atomic mass is 10.1. The van der Waals surface area contributed by atoms with Gasteiger partial charge in [0.2, 0.25) is 10.0 Å². The third-order valence-electron chi connectivity index (χ3n) is 5.71. The van der Waals surface area contributed by atoms with Crippen molar-refractivity contribution in [1.82, 2.24) is 9.80 Å². The largest absolute Gasteiger partial charge is 0.336 e. The number of sulfonamides is 1. The highest BCUT2D eigenvalue weighted by molar-refractivity contribution is 7.92. The Morgan fingerprint density at radius 3 is 2.46 bits per heavy atom. The molecular formula is C19H27N3O3S. The normalized spacial score (nSPS) is 24.0. The van der Waals surface area contributed by atoms with Crippen molar-refractivity contribution in [2.75, 3.05) is 43.3 Å². The molecular weight excluding hydrogens is 350 g/mol. The van der Waals surface area contributed by atoms with Gasteiger partial charge in [-0.05, 0) is 55.9 Å². The van der Waals surface area contributed by atoms with Gasteiger partial charge in [0.25, 0.3) is 5.91 Å². The standard InChI is InChI=1S/C19H27N3O3S/c1-14-11-17-12-16(5-6-18(17)22(14)26(2,24)25)19(23)21-9-7-20(8-10-21)13-15-3-4-15/h5-6,12,14-15H,3-4,7-11,13H2,1-2H3. The van der Waals surface area contributed by atoms with Crippen LogP contribution in [0, 0.1) is 5.92 Å². The lowest BCUT2D eigenvalue weighted by Crippen LogP contribution is -2.49. The predicted octanol–water partition coefficient (Wildman–Crippen LogP) is 1.57. The van der Waals surface area contributed by atoms with Crippen LogP contribution in [0.15, 0.2) is 18.2 Å². The van der Waals surface area contributed by atoms with Gasteiger partial charge in [0, 0.05) is 44.3 Å². The van der Waals surface area contributed by atoms with Gasteiger partial charge in [-0.2, -0.15) is 0 Å². The van der Waals surface area contributed by atoms with E-state index < -0.39 is 10.0 Å². The zero-order valence-corrected chi connectivity index (χ0v) is 16.3. The summed E-state index contributed by atoms with van der Waals surface area (Å²) in [4.78, 5) is 17.3. The van der Waals surface area contributed by atoms with Crippen molar-refractivity contribution in [1.29, 1.82) is 0 Å². The van der Waals surface area contributed by atoms with Crippen LogP contribution in [0.4, 0.5) is 5.69 Å². The second-order valence-electron chi connectivity index (χ2n) is 7.99. The Balaban J connectivity index is 1.46. The van der Waals surface area contributed by atoms with Gasteiger partial charge in [-0.1, -0.05) is 0 Å². The van der Waals surface area contributed by atoms with Crippen LogP contribution in [-0.2, 0) is 16.4 Å². The first-order valence-electron chi connectivity index (χ1n) is 9.47. The van der Waals surface area contributed by atoms with E-state index in [1.165, 1.54) is 29.9 Å². The molecule has 0 spiro atoms. The average molecular weight is 378 g/mol. The lowest BCUT2D eigenvalue weighted by molar-refractivity contribution is 0.0632. The van der Waals surface area contributed by atoms with Crippen LogP contribution in [0.1, 0.15) is 35.7 Å². The first kappa shape index (κ1) is 17.8. The fraction of sp³-hybridized carbons (Fsp3) is 0.632. The molecule has 0 bridgehead atoms. The summed E-state index contributed by atoms with van der Waals surface area (Å²) in [7, 11) is -3.30. The third-order valence-corrected chi connectivity index (χ3v) is 6.98. The van der Waals surface area contributed by atoms with Crippen LogP contribution in [-0.4, -0.2) is 69.1 Å². The fourth-order valence-corrected chi connectivity index (χ4v) is 5.49. The maximum Gasteiger partial charge on any atom is 0.253 e. The molecule has 4 rings (SSSR count). The number of hydrogen-bond donors (Lipinski definition) is 0. The topological polar surface area (TPSA) is 60.9 Å². The number of nitrogens with zero attached hydrogens (tertiary/aromatic N) is 3. The molecule has 1 aliphatic carbocycles. The van der Waals surface area contributed by atoms with Crippen molar-refractivity contribution >= 4 is 21.6 Å². The lowest BCUT2D eigenvalue weighted by Gasteiger charge is -2.35. The van der Waals surface area contributed by atoms with Crippen LogP contribution in [0.25, 0.3) is 0 Å². The molecule has 1 saturated heterocycles. The summed E-state index contributed by atoms with van der Waals surface area (Å²) in [5.41, 5.74) is 2.33. The molecule has 1 amide bonds. The highest BCUT2D eigenvalue weighted by atomic mass is 32.2. The molecule has 2 aliphatic heterocycles. The van der Waals surface area contributed by atoms with E-state index in [0.29, 0.717) is 17.7 Å². The summed E-state index contributed by atoms with van der Waals surface area (Å²) >= 11 is 0. The van der Waals surface area contributed by atoms with Crippen LogP contribution in [0.2, 0.25) is 0 Å². The van der Waals surface area contributed by atoms with E-state index in [2.05, 4.69) is 4.90 Å². The molecule has 2 fully saturated rings. The van der Waals surface area contributed by atoms with Crippen LogP contribution >= 0.6 is 0 Å². The monoisotopic (exact) mass is 377 g/mol. The average Bonchev–Trinajstić information content (AvgIpc) is 3.32. The molecule has 142 valence electrons. The summed E-state index contributed by atoms with van der Waals surface area (Å²) < 4.78 is 25.5. The molecule has 1 aromatic rings. The molecule has 2 heterocycles. The third kappa shape index (κ3) is 3.47. The Labute approximate surface area is 155 Å². The Kier molecular flexibility index (Phi) is 4.47. The van der Waals surface area contributed by atoms with E-state index in [9.17, 15) is 13.2 Å². The summed E-state index contributed by atoms with van der Waals surface area (Å²) in [5.74, 6) is 0.943. The molecule has 1 unspecified atom stereocenters. The van der Waals surface area contributed by atoms with Gasteiger partial charge < -0.3 is 4.90 Å². The van der Waals surface area contributed by atoms with Crippen molar-refractivity contribution in [3.63, 3.8) is 0 Å². The van der Waals surface area contributed by atoms with Crippen LogP contribution in [0.3, 0.4) is 0 Å². The summed E-state index contributed by atoms with van der Waals surface area (Å²) in [6.07, 6.45) is 4.60. The Bertz CT molecular complexity index is 811. The van der Waals surface area contributed by atoms with Crippen molar-refractivity contribution < 1.29 is 13.2 Å². The number of hydrogen-bond acceptors (Lipinski definition) is 4. The Morgan fingerprint density at radius 2 is 1.85 bits per heavy atom. The number of carbonyl (C=O) groups excluding carboxylic acids is 1. The van der Waals surface area contributed by atoms with Crippen molar-refractivity contribution in [3.8, 4) is 0 Å². The molecule has 0 radical (unpaired) electrons. The minimum atomic E-state index is -3.30. The minimum absolute atomic E-state index is 0.0596. The van der Waals surface area contributed by atoms with E-state index in [1.807, 2.05) is 17.9 Å². The van der Waals surface area contributed by atoms with Crippen molar-refractivity contribution in [2.45, 2.75) is 32.2 Å². The second-order valence-corrected chi connectivity index (χ2v) is 9.85. The Hall–Kier alpha value is -1.60. The zero-order chi connectivity index (χ0) is 18.5. The zero-order valence-electron chi connectivity index (χ0n) is 15.5. The quantitative estimate of drug-likeness (QED) is 0.799. The molecule has 6 nitrogen and oxygen atoms in total. The van der Waals surface area contributed by atoms with E-state index >= 15 is 0 Å². The molecule has 26 heavy (non-hydrogen) atoms. The van der Waals surface area contributed by atoms with E-state index in [-0.39, 0.29) is 11.9 Å². The molecule has 1 aromatic carbocycles. The number of anilines is 1. The number of amides is 1. The predicted molar refractivity (Wildman–Crippen MR) is 102 cm³/mol. The first-order chi connectivity index (χ1) is 12.3. The van der Waals surface area contributed by atoms with Gasteiger partial charge >= 0.3 is 0 Å². The van der Waals surface area contributed by atoms with Crippen LogP contribution in [0.5, 0.6) is 0 Å². The summed E-state index contributed by atoms with van der Waals surface area (Å²) in [6.45, 7) is 6.53. The number of rotatable bonds is 4. The van der Waals surface area contributed by atoms with E-state index in [1.54, 1.807) is 12.1 Å². The van der Waals surface area contributed by atoms with Gasteiger partial charge in [0.05, 0.1) is 11.9 Å². The number of benzene rings is 1. The first-order valence-corrected chi connectivity index (χ1v) is 11.3. The van der Waals surface area contributed by atoms with Gasteiger partial charge in [-0.25, -0.2) is 8.42 Å². The van der Waals surface area contributed by atoms with Gasteiger partial charge in [0.1, 0.15) is 0 Å². The highest BCUT2D eigenvalue weighted by Crippen LogP contribution is 2.35. The molecule has 0 N–H and O–H groups in total. The highest BCUT2D eigenvalue weighted by Gasteiger charge is 2.33. The van der Waals surface area contributed by atoms with E-state index in [4.69, 9.17) is 0 Å². The van der Waals surface area contributed by atoms with Crippen molar-refractivity contribution in [3.05, 3.63) is 29.3 Å². The Morgan fingerprint density at radius 1 is 1.15 bits per heavy atom. The summed E-state index contributed by atoms with van der Waals surface area (Å²) in [5, 5.41) is 0. The number of carbonyl (C=O) groups is 1. The smallest absolute Gasteiger partial charge is 0.253 e. The van der Waals surface area contributed by atoms with Gasteiger partial charge in [-0.3, -0.25) is 14.0 Å². The number of fused-ring (bicyclic) bond motifs is 1. The minimum Gasteiger partial charge on any atom is -0.336 e. The molecule has 3 aliphatic rings. The number of piperazine rings is 1. The molecule has 7 heteroatoms. The SMILES string of the molecule is CC1Cc2cc(C(=O)N3CCN(CC4CC4)CC3)ccc2N1S(C)(=O)=O. The van der Waals surface area contributed by atoms with Crippen LogP contribution < -0.4 is 4.31 Å². The molecule has 0 aromatic heterocycles. The fourth-order valence-electron chi connectivity index (χ4n) is 4.22. The summed E-state index contributed by atoms with van der Waals surface area (Å²) in [6, 6.07) is 5.34.